The third kappa shape index (κ3) is 2.43. The molecule has 1 saturated heterocycles. The molecule has 4 nitrogen and oxygen atoms in total. The summed E-state index contributed by atoms with van der Waals surface area (Å²) in [5.74, 6) is 0.935. The number of fused-ring (bicyclic) bond motifs is 1. The molecule has 1 heterocycles. The molecule has 3 atom stereocenters. The number of amides is 1. The Morgan fingerprint density at radius 2 is 2.07 bits per heavy atom. The molecule has 2 aliphatic rings. The van der Waals surface area contributed by atoms with Crippen molar-refractivity contribution in [2.75, 3.05) is 13.1 Å². The number of β-amino-alcohol motifs (C(OH)–C–C–N with tert-alkyl or cyclic N) is 1. The Bertz CT molecular complexity index is 271. The maximum atomic E-state index is 11.7. The third-order valence-electron chi connectivity index (χ3n) is 2.99. The zero-order valence-corrected chi connectivity index (χ0v) is 9.56. The Kier molecular flexibility index (Phi) is 2.41. The van der Waals surface area contributed by atoms with Crippen molar-refractivity contribution in [1.29, 1.82) is 0 Å². The van der Waals surface area contributed by atoms with Crippen molar-refractivity contribution >= 4 is 6.09 Å². The van der Waals surface area contributed by atoms with Gasteiger partial charge < -0.3 is 14.7 Å². The molecule has 1 unspecified atom stereocenters. The van der Waals surface area contributed by atoms with Gasteiger partial charge in [-0.25, -0.2) is 4.79 Å². The number of aliphatic hydroxyl groups is 1. The molecule has 0 bridgehead atoms. The number of carbonyl (C=O) groups is 1. The van der Waals surface area contributed by atoms with Gasteiger partial charge in [0.1, 0.15) is 5.60 Å². The zero-order valence-electron chi connectivity index (χ0n) is 9.56. The van der Waals surface area contributed by atoms with E-state index in [1.807, 2.05) is 20.8 Å². The van der Waals surface area contributed by atoms with Gasteiger partial charge in [-0.1, -0.05) is 0 Å². The molecule has 1 aliphatic carbocycles. The molecular weight excluding hydrogens is 194 g/mol. The number of carbonyl (C=O) groups excluding carboxylic acids is 1. The highest BCUT2D eigenvalue weighted by atomic mass is 16.6. The van der Waals surface area contributed by atoms with Crippen LogP contribution in [-0.2, 0) is 4.74 Å². The SMILES string of the molecule is CC(C)(C)OC(=O)N1C[C@@H]2CC2[C@H](O)C1. The van der Waals surface area contributed by atoms with Crippen LogP contribution in [0.2, 0.25) is 0 Å². The first kappa shape index (κ1) is 10.7. The lowest BCUT2D eigenvalue weighted by molar-refractivity contribution is 0.00134. The van der Waals surface area contributed by atoms with Crippen LogP contribution >= 0.6 is 0 Å². The van der Waals surface area contributed by atoms with Gasteiger partial charge in [-0.3, -0.25) is 0 Å². The summed E-state index contributed by atoms with van der Waals surface area (Å²) in [6.07, 6.45) is 0.406. The van der Waals surface area contributed by atoms with Crippen LogP contribution < -0.4 is 0 Å². The number of piperidine rings is 1. The van der Waals surface area contributed by atoms with Crippen molar-refractivity contribution in [3.05, 3.63) is 0 Å². The minimum absolute atomic E-state index is 0.299. The van der Waals surface area contributed by atoms with Crippen LogP contribution in [0, 0.1) is 11.8 Å². The molecule has 1 amide bonds. The summed E-state index contributed by atoms with van der Waals surface area (Å²) in [6.45, 7) is 6.73. The molecule has 2 fully saturated rings. The number of rotatable bonds is 0. The smallest absolute Gasteiger partial charge is 0.410 e. The van der Waals surface area contributed by atoms with E-state index in [0.717, 1.165) is 13.0 Å². The van der Waals surface area contributed by atoms with Crippen LogP contribution in [0.25, 0.3) is 0 Å². The molecule has 0 radical (unpaired) electrons. The molecule has 0 aromatic rings. The molecule has 15 heavy (non-hydrogen) atoms. The minimum atomic E-state index is -0.456. The lowest BCUT2D eigenvalue weighted by Crippen LogP contribution is -2.45. The molecule has 0 spiro atoms. The second-order valence-electron chi connectivity index (χ2n) is 5.61. The standard InChI is InChI=1S/C11H19NO3/c1-11(2,3)15-10(14)12-5-7-4-8(7)9(13)6-12/h7-9,13H,4-6H2,1-3H3/t7-,8?,9+/m0/s1. The zero-order chi connectivity index (χ0) is 11.2. The number of ether oxygens (including phenoxy) is 1. The molecule has 86 valence electrons. The summed E-state index contributed by atoms with van der Waals surface area (Å²) in [5, 5.41) is 9.69. The Hall–Kier alpha value is -0.770. The maximum absolute atomic E-state index is 11.7. The number of hydrogen-bond acceptors (Lipinski definition) is 3. The van der Waals surface area contributed by atoms with Crippen molar-refractivity contribution in [2.45, 2.75) is 38.9 Å². The fourth-order valence-corrected chi connectivity index (χ4v) is 2.15. The minimum Gasteiger partial charge on any atom is -0.444 e. The quantitative estimate of drug-likeness (QED) is 0.658. The van der Waals surface area contributed by atoms with E-state index in [0.29, 0.717) is 18.4 Å². The summed E-state index contributed by atoms with van der Waals surface area (Å²) in [7, 11) is 0. The van der Waals surface area contributed by atoms with Gasteiger partial charge >= 0.3 is 6.09 Å². The second-order valence-corrected chi connectivity index (χ2v) is 5.61. The summed E-state index contributed by atoms with van der Waals surface area (Å²) in [5.41, 5.74) is -0.456. The van der Waals surface area contributed by atoms with E-state index >= 15 is 0 Å². The van der Waals surface area contributed by atoms with Crippen LogP contribution in [0.3, 0.4) is 0 Å². The largest absolute Gasteiger partial charge is 0.444 e. The van der Waals surface area contributed by atoms with Crippen molar-refractivity contribution in [2.24, 2.45) is 11.8 Å². The number of likely N-dealkylation sites (tertiary alicyclic amines) is 1. The Morgan fingerprint density at radius 3 is 2.60 bits per heavy atom. The Morgan fingerprint density at radius 1 is 1.40 bits per heavy atom. The average Bonchev–Trinajstić information content (AvgIpc) is 2.79. The van der Waals surface area contributed by atoms with E-state index in [9.17, 15) is 9.90 Å². The first-order valence-electron chi connectivity index (χ1n) is 5.53. The van der Waals surface area contributed by atoms with Gasteiger partial charge in [-0.2, -0.15) is 0 Å². The Balaban J connectivity index is 1.90. The van der Waals surface area contributed by atoms with Crippen LogP contribution in [0.1, 0.15) is 27.2 Å². The topological polar surface area (TPSA) is 49.8 Å². The fraction of sp³-hybridized carbons (Fsp3) is 0.909. The van der Waals surface area contributed by atoms with Gasteiger partial charge in [0.15, 0.2) is 0 Å². The van der Waals surface area contributed by atoms with E-state index in [1.54, 1.807) is 4.90 Å². The molecule has 1 saturated carbocycles. The number of aliphatic hydroxyl groups excluding tert-OH is 1. The van der Waals surface area contributed by atoms with Crippen LogP contribution in [0.15, 0.2) is 0 Å². The highest BCUT2D eigenvalue weighted by Crippen LogP contribution is 2.45. The Labute approximate surface area is 90.2 Å². The molecule has 4 heteroatoms. The van der Waals surface area contributed by atoms with Crippen LogP contribution in [-0.4, -0.2) is 40.9 Å². The van der Waals surface area contributed by atoms with Crippen LogP contribution in [0.4, 0.5) is 4.79 Å². The second kappa shape index (κ2) is 3.37. The first-order chi connectivity index (χ1) is 6.87. The molecular formula is C11H19NO3. The lowest BCUT2D eigenvalue weighted by atomic mass is 10.1. The van der Waals surface area contributed by atoms with Crippen molar-refractivity contribution in [3.63, 3.8) is 0 Å². The molecule has 0 aromatic carbocycles. The van der Waals surface area contributed by atoms with Crippen molar-refractivity contribution in [3.8, 4) is 0 Å². The highest BCUT2D eigenvalue weighted by molar-refractivity contribution is 5.68. The van der Waals surface area contributed by atoms with Gasteiger partial charge in [-0.05, 0) is 39.0 Å². The first-order valence-corrected chi connectivity index (χ1v) is 5.53. The van der Waals surface area contributed by atoms with E-state index in [1.165, 1.54) is 0 Å². The monoisotopic (exact) mass is 213 g/mol. The third-order valence-corrected chi connectivity index (χ3v) is 2.99. The number of hydrogen-bond donors (Lipinski definition) is 1. The van der Waals surface area contributed by atoms with Gasteiger partial charge in [0.2, 0.25) is 0 Å². The lowest BCUT2D eigenvalue weighted by Gasteiger charge is -2.31. The molecule has 2 rings (SSSR count). The number of nitrogens with zero attached hydrogens (tertiary/aromatic N) is 1. The predicted octanol–water partition coefficient (Wildman–Crippen LogP) is 1.23. The van der Waals surface area contributed by atoms with Gasteiger partial charge in [-0.15, -0.1) is 0 Å². The summed E-state index contributed by atoms with van der Waals surface area (Å²) in [4.78, 5) is 13.3. The molecule has 0 aromatic heterocycles. The average molecular weight is 213 g/mol. The van der Waals surface area contributed by atoms with Gasteiger partial charge in [0.25, 0.3) is 0 Å². The molecule has 1 aliphatic heterocycles. The van der Waals surface area contributed by atoms with Gasteiger partial charge in [0, 0.05) is 6.54 Å². The van der Waals surface area contributed by atoms with E-state index < -0.39 is 5.60 Å². The predicted molar refractivity (Wildman–Crippen MR) is 55.4 cm³/mol. The summed E-state index contributed by atoms with van der Waals surface area (Å²) in [6, 6.07) is 0. The van der Waals surface area contributed by atoms with E-state index in [2.05, 4.69) is 0 Å². The fourth-order valence-electron chi connectivity index (χ4n) is 2.15. The van der Waals surface area contributed by atoms with Crippen molar-refractivity contribution in [1.82, 2.24) is 4.90 Å². The van der Waals surface area contributed by atoms with Crippen molar-refractivity contribution < 1.29 is 14.6 Å². The van der Waals surface area contributed by atoms with Gasteiger partial charge in [0.05, 0.1) is 12.6 Å². The molecule has 1 N–H and O–H groups in total. The highest BCUT2D eigenvalue weighted by Gasteiger charge is 2.48. The normalized spacial score (nSPS) is 34.7. The summed E-state index contributed by atoms with van der Waals surface area (Å²) >= 11 is 0. The maximum Gasteiger partial charge on any atom is 0.410 e. The van der Waals surface area contributed by atoms with E-state index in [4.69, 9.17) is 4.74 Å². The van der Waals surface area contributed by atoms with E-state index in [-0.39, 0.29) is 12.2 Å². The summed E-state index contributed by atoms with van der Waals surface area (Å²) < 4.78 is 5.27. The van der Waals surface area contributed by atoms with Crippen LogP contribution in [0.5, 0.6) is 0 Å².